The molecule has 0 spiro atoms. The third-order valence-corrected chi connectivity index (χ3v) is 18.4. The van der Waals surface area contributed by atoms with Crippen molar-refractivity contribution in [2.24, 2.45) is 45.3 Å². The summed E-state index contributed by atoms with van der Waals surface area (Å²) in [7, 11) is 0. The molecule has 0 amide bonds. The van der Waals surface area contributed by atoms with E-state index in [2.05, 4.69) is 40.7 Å². The largest absolute Gasteiger partial charge is 0.394 e. The molecule has 4 aliphatic carbocycles. The number of hydrogen-bond acceptors (Lipinski definition) is 17. The first kappa shape index (κ1) is 50.9. The second-order valence-electron chi connectivity index (χ2n) is 22.4. The summed E-state index contributed by atoms with van der Waals surface area (Å²) in [6.45, 7) is 16.1. The van der Waals surface area contributed by atoms with Crippen molar-refractivity contribution in [3.05, 3.63) is 11.6 Å². The van der Waals surface area contributed by atoms with Gasteiger partial charge in [-0.15, -0.1) is 0 Å². The molecule has 11 N–H and O–H groups in total. The van der Waals surface area contributed by atoms with Crippen LogP contribution in [-0.2, 0) is 28.4 Å². The minimum absolute atomic E-state index is 0.149. The van der Waals surface area contributed by atoms with Gasteiger partial charge < -0.3 is 84.6 Å². The van der Waals surface area contributed by atoms with Crippen LogP contribution in [0, 0.1) is 45.3 Å². The van der Waals surface area contributed by atoms with Crippen LogP contribution in [0.15, 0.2) is 11.6 Å². The molecule has 17 nitrogen and oxygen atoms in total. The lowest BCUT2D eigenvalue weighted by Gasteiger charge is -2.71. The number of aliphatic hydroxyl groups is 11. The van der Waals surface area contributed by atoms with E-state index in [0.29, 0.717) is 25.7 Å². The van der Waals surface area contributed by atoms with Crippen LogP contribution in [0.2, 0.25) is 0 Å². The van der Waals surface area contributed by atoms with Crippen LogP contribution in [-0.4, -0.2) is 180 Å². The van der Waals surface area contributed by atoms with E-state index in [-0.39, 0.29) is 46.0 Å². The van der Waals surface area contributed by atoms with E-state index in [1.807, 2.05) is 20.8 Å². The van der Waals surface area contributed by atoms with Crippen LogP contribution in [0.1, 0.15) is 113 Å². The maximum absolute atomic E-state index is 12.7. The third-order valence-electron chi connectivity index (χ3n) is 18.4. The quantitative estimate of drug-likeness (QED) is 0.0892. The average molecular weight is 917 g/mol. The molecule has 3 saturated heterocycles. The van der Waals surface area contributed by atoms with Crippen molar-refractivity contribution in [3.63, 3.8) is 0 Å². The summed E-state index contributed by atoms with van der Waals surface area (Å²) in [6, 6.07) is 0. The number of fused-ring (bicyclic) bond motifs is 5. The van der Waals surface area contributed by atoms with Crippen LogP contribution < -0.4 is 0 Å². The first-order valence-corrected chi connectivity index (χ1v) is 23.8. The minimum atomic E-state index is -1.67. The first-order chi connectivity index (χ1) is 29.9. The van der Waals surface area contributed by atoms with Gasteiger partial charge in [0.05, 0.1) is 37.6 Å². The van der Waals surface area contributed by atoms with Crippen LogP contribution >= 0.6 is 0 Å². The summed E-state index contributed by atoms with van der Waals surface area (Å²) >= 11 is 0. The Morgan fingerprint density at radius 3 is 1.81 bits per heavy atom. The Hall–Kier alpha value is -0.940. The van der Waals surface area contributed by atoms with Gasteiger partial charge in [0.15, 0.2) is 18.9 Å². The van der Waals surface area contributed by atoms with Crippen LogP contribution in [0.5, 0.6) is 0 Å². The highest BCUT2D eigenvalue weighted by molar-refractivity contribution is 5.20. The van der Waals surface area contributed by atoms with Gasteiger partial charge in [-0.3, -0.25) is 0 Å². The molecule has 0 unspecified atom stereocenters. The standard InChI is InChI=1S/C47H80O17/c1-22(2)10-9-14-47(8,64-42-39(58)36(55)34(53)27(62-42)21-59-40-37(56)33(52)26(20-49)60-40)23-11-16-46(7)31(23)24(50)18-29-44(5)15-13-30(43(3,4)28(44)12-17-45(29,46)6)63-41-38(57)35(54)32(51)25(19-48)61-41/h10,23-42,48-58H,9,11-21H2,1-8H3/t23-,24+,25+,26-,27+,28-,29+,30-,31-,32+,33-,34+,35-,36-,37+,38+,39+,40+,41-,42-,44-,45+,46+,47-/m0/s1. The zero-order valence-corrected chi connectivity index (χ0v) is 39.0. The Labute approximate surface area is 377 Å². The van der Waals surface area contributed by atoms with E-state index >= 15 is 0 Å². The monoisotopic (exact) mass is 917 g/mol. The second kappa shape index (κ2) is 18.8. The summed E-state index contributed by atoms with van der Waals surface area (Å²) < 4.78 is 36.6. The molecule has 370 valence electrons. The molecule has 0 radical (unpaired) electrons. The molecule has 3 aliphatic heterocycles. The summed E-state index contributed by atoms with van der Waals surface area (Å²) in [6.07, 6.45) is -11.9. The number of allylic oxidation sites excluding steroid dienone is 2. The molecule has 7 aliphatic rings. The predicted octanol–water partition coefficient (Wildman–Crippen LogP) is 0.612. The molecule has 0 aromatic carbocycles. The molecule has 0 bridgehead atoms. The second-order valence-corrected chi connectivity index (χ2v) is 22.4. The van der Waals surface area contributed by atoms with Gasteiger partial charge in [0.2, 0.25) is 0 Å². The molecule has 64 heavy (non-hydrogen) atoms. The number of hydrogen-bond donors (Lipinski definition) is 11. The Kier molecular flexibility index (Phi) is 14.9. The third kappa shape index (κ3) is 8.49. The summed E-state index contributed by atoms with van der Waals surface area (Å²) in [5.41, 5.74) is -0.947. The van der Waals surface area contributed by atoms with Gasteiger partial charge >= 0.3 is 0 Å². The maximum Gasteiger partial charge on any atom is 0.187 e. The highest BCUT2D eigenvalue weighted by Gasteiger charge is 2.72. The van der Waals surface area contributed by atoms with Crippen LogP contribution in [0.25, 0.3) is 0 Å². The molecular weight excluding hydrogens is 836 g/mol. The highest BCUT2D eigenvalue weighted by Crippen LogP contribution is 2.76. The fraction of sp³-hybridized carbons (Fsp3) is 0.957. The summed E-state index contributed by atoms with van der Waals surface area (Å²) in [4.78, 5) is 0. The first-order valence-electron chi connectivity index (χ1n) is 23.8. The average Bonchev–Trinajstić information content (AvgIpc) is 3.76. The Bertz CT molecular complexity index is 1630. The Morgan fingerprint density at radius 1 is 0.641 bits per heavy atom. The van der Waals surface area contributed by atoms with Gasteiger partial charge in [-0.1, -0.05) is 46.3 Å². The number of aliphatic hydroxyl groups excluding tert-OH is 11. The van der Waals surface area contributed by atoms with Gasteiger partial charge in [-0.05, 0) is 124 Å². The van der Waals surface area contributed by atoms with Gasteiger partial charge in [0.1, 0.15) is 67.1 Å². The van der Waals surface area contributed by atoms with Crippen LogP contribution in [0.4, 0.5) is 0 Å². The van der Waals surface area contributed by atoms with Gasteiger partial charge in [-0.25, -0.2) is 0 Å². The van der Waals surface area contributed by atoms with Crippen molar-refractivity contribution in [1.82, 2.24) is 0 Å². The zero-order chi connectivity index (χ0) is 47.1. The van der Waals surface area contributed by atoms with E-state index < -0.39 is 123 Å². The van der Waals surface area contributed by atoms with Gasteiger partial charge in [0, 0.05) is 0 Å². The topological polar surface area (TPSA) is 278 Å². The van der Waals surface area contributed by atoms with E-state index in [0.717, 1.165) is 37.7 Å². The Morgan fingerprint density at radius 2 is 1.19 bits per heavy atom. The molecule has 24 atom stereocenters. The smallest absolute Gasteiger partial charge is 0.187 e. The van der Waals surface area contributed by atoms with Crippen molar-refractivity contribution in [2.45, 2.75) is 217 Å². The number of rotatable bonds is 13. The predicted molar refractivity (Wildman–Crippen MR) is 228 cm³/mol. The fourth-order valence-corrected chi connectivity index (χ4v) is 14.6. The molecule has 7 fully saturated rings. The molecule has 0 aromatic rings. The van der Waals surface area contributed by atoms with Gasteiger partial charge in [-0.2, -0.15) is 0 Å². The molecule has 4 saturated carbocycles. The SMILES string of the molecule is CC(C)=CCC[C@](C)(O[C@@H]1O[C@H](CO[C@@H]2O[C@@H](CO)[C@H](O)[C@H]2O)[C@@H](O)[C@H](O)[C@H]1O)[C@H]1CC[C@]2(C)[C@@H]1[C@H](O)C[C@@H]1[C@@]3(C)CC[C@H](O[C@@H]4O[C@H](CO)[C@@H](O)[C@H](O)[C@H]4O)C(C)(C)[C@@H]3CC[C@]12C. The van der Waals surface area contributed by atoms with Gasteiger partial charge in [0.25, 0.3) is 0 Å². The van der Waals surface area contributed by atoms with Crippen molar-refractivity contribution < 1.29 is 84.6 Å². The van der Waals surface area contributed by atoms with Crippen molar-refractivity contribution in [1.29, 1.82) is 0 Å². The molecule has 0 aromatic heterocycles. The molecule has 7 rings (SSSR count). The van der Waals surface area contributed by atoms with Crippen molar-refractivity contribution in [3.8, 4) is 0 Å². The highest BCUT2D eigenvalue weighted by atomic mass is 16.7. The summed E-state index contributed by atoms with van der Waals surface area (Å²) in [5, 5.41) is 118. The molecule has 17 heteroatoms. The van der Waals surface area contributed by atoms with E-state index in [4.69, 9.17) is 28.4 Å². The lowest BCUT2D eigenvalue weighted by Crippen LogP contribution is -2.67. The van der Waals surface area contributed by atoms with E-state index in [1.165, 1.54) is 0 Å². The van der Waals surface area contributed by atoms with E-state index in [9.17, 15) is 56.2 Å². The van der Waals surface area contributed by atoms with Crippen molar-refractivity contribution in [2.75, 3.05) is 19.8 Å². The normalized spacial score (nSPS) is 52.3. The molecule has 3 heterocycles. The Balaban J connectivity index is 1.11. The summed E-state index contributed by atoms with van der Waals surface area (Å²) in [5.74, 6) is -0.0472. The molecular formula is C47H80O17. The van der Waals surface area contributed by atoms with Crippen molar-refractivity contribution >= 4 is 0 Å². The lowest BCUT2D eigenvalue weighted by molar-refractivity contribution is -0.342. The van der Waals surface area contributed by atoms with Crippen LogP contribution in [0.3, 0.4) is 0 Å². The maximum atomic E-state index is 12.7. The minimum Gasteiger partial charge on any atom is -0.394 e. The lowest BCUT2D eigenvalue weighted by atomic mass is 9.35. The zero-order valence-electron chi connectivity index (χ0n) is 39.0. The fourth-order valence-electron chi connectivity index (χ4n) is 14.6. The van der Waals surface area contributed by atoms with E-state index in [1.54, 1.807) is 0 Å². The number of ether oxygens (including phenoxy) is 6.